The molecule has 0 aliphatic carbocycles. The van der Waals surface area contributed by atoms with Crippen LogP contribution in [0.25, 0.3) is 0 Å². The van der Waals surface area contributed by atoms with Crippen molar-refractivity contribution < 1.29 is 25.3 Å². The van der Waals surface area contributed by atoms with Crippen molar-refractivity contribution in [2.24, 2.45) is 0 Å². The Morgan fingerprint density at radius 1 is 0.913 bits per heavy atom. The summed E-state index contributed by atoms with van der Waals surface area (Å²) in [5.74, 6) is -1.44. The van der Waals surface area contributed by atoms with Crippen LogP contribution >= 0.6 is 20.6 Å². The van der Waals surface area contributed by atoms with Crippen molar-refractivity contribution in [2.75, 3.05) is 4.93 Å². The van der Waals surface area contributed by atoms with E-state index in [4.69, 9.17) is 10.9 Å². The quantitative estimate of drug-likeness (QED) is 0.226. The number of hydrogen-bond acceptors (Lipinski definition) is 6. The molecule has 0 saturated carbocycles. The van der Waals surface area contributed by atoms with Crippen LogP contribution in [0.1, 0.15) is 24.2 Å². The molecule has 0 radical (unpaired) electrons. The van der Waals surface area contributed by atoms with E-state index in [-0.39, 0.29) is 22.5 Å². The van der Waals surface area contributed by atoms with Crippen LogP contribution in [0.4, 0.5) is 0 Å². The zero-order valence-electron chi connectivity index (χ0n) is 13.1. The molecular formula is C16H17IO6. The van der Waals surface area contributed by atoms with Gasteiger partial charge >= 0.3 is 142 Å². The Balaban J connectivity index is 2.63. The Hall–Kier alpha value is -2.16. The van der Waals surface area contributed by atoms with Gasteiger partial charge in [0.1, 0.15) is 0 Å². The summed E-state index contributed by atoms with van der Waals surface area (Å²) in [5.41, 5.74) is 0.776. The number of carbonyl (C=O) groups is 3. The maximum absolute atomic E-state index is 11.9. The third-order valence-electron chi connectivity index (χ3n) is 2.35. The number of carbonyl (C=O) groups excluding carboxylic acids is 3. The number of benzene rings is 1. The standard InChI is InChI=1S/C16H17IO6/c1-10(2)14(18)21-13-8-6-12(7-9-13)16(20)23-17(5)22-15(19)11(3)4/h6-9H,1,3H2,2,4-5H3. The molecule has 6 nitrogen and oxygen atoms in total. The fourth-order valence-electron chi connectivity index (χ4n) is 1.18. The van der Waals surface area contributed by atoms with Gasteiger partial charge in [-0.25, -0.2) is 0 Å². The third-order valence-corrected chi connectivity index (χ3v) is 4.40. The van der Waals surface area contributed by atoms with Crippen LogP contribution in [0.2, 0.25) is 0 Å². The van der Waals surface area contributed by atoms with Gasteiger partial charge in [-0.05, 0) is 0 Å². The summed E-state index contributed by atoms with van der Waals surface area (Å²) < 4.78 is 15.1. The van der Waals surface area contributed by atoms with Crippen molar-refractivity contribution in [2.45, 2.75) is 13.8 Å². The van der Waals surface area contributed by atoms with Crippen LogP contribution in [0, 0.1) is 0 Å². The van der Waals surface area contributed by atoms with Crippen LogP contribution < -0.4 is 4.74 Å². The van der Waals surface area contributed by atoms with E-state index in [0.717, 1.165) is 0 Å². The van der Waals surface area contributed by atoms with E-state index < -0.39 is 38.6 Å². The summed E-state index contributed by atoms with van der Waals surface area (Å²) >= 11 is -2.63. The zero-order chi connectivity index (χ0) is 17.6. The molecule has 1 aromatic rings. The number of alkyl halides is 1. The van der Waals surface area contributed by atoms with Crippen molar-refractivity contribution in [1.29, 1.82) is 0 Å². The van der Waals surface area contributed by atoms with E-state index in [1.54, 1.807) is 4.93 Å². The average molecular weight is 432 g/mol. The molecule has 0 aromatic heterocycles. The van der Waals surface area contributed by atoms with Gasteiger partial charge in [0.05, 0.1) is 0 Å². The summed E-state index contributed by atoms with van der Waals surface area (Å²) in [6.45, 7) is 9.98. The van der Waals surface area contributed by atoms with Crippen LogP contribution in [0.5, 0.6) is 5.75 Å². The second-order valence-electron chi connectivity index (χ2n) is 4.58. The minimum absolute atomic E-state index is 0.244. The topological polar surface area (TPSA) is 78.9 Å². The van der Waals surface area contributed by atoms with Gasteiger partial charge in [-0.3, -0.25) is 0 Å². The third kappa shape index (κ3) is 6.23. The normalized spacial score (nSPS) is 10.3. The molecule has 0 fully saturated rings. The maximum atomic E-state index is 11.9. The van der Waals surface area contributed by atoms with E-state index in [1.165, 1.54) is 38.1 Å². The summed E-state index contributed by atoms with van der Waals surface area (Å²) in [4.78, 5) is 36.2. The van der Waals surface area contributed by atoms with Crippen LogP contribution in [-0.4, -0.2) is 22.8 Å². The first-order valence-electron chi connectivity index (χ1n) is 6.39. The monoisotopic (exact) mass is 432 g/mol. The Morgan fingerprint density at radius 3 is 1.91 bits per heavy atom. The van der Waals surface area contributed by atoms with E-state index in [9.17, 15) is 14.4 Å². The number of esters is 1. The van der Waals surface area contributed by atoms with Crippen molar-refractivity contribution in [3.05, 3.63) is 54.1 Å². The van der Waals surface area contributed by atoms with E-state index in [0.29, 0.717) is 0 Å². The summed E-state index contributed by atoms with van der Waals surface area (Å²) in [6.07, 6.45) is 0. The zero-order valence-corrected chi connectivity index (χ0v) is 15.2. The SMILES string of the molecule is C=C(C)C(=O)Oc1ccc(C(=O)OI(C)OC(=O)C(=C)C)cc1. The molecule has 124 valence electrons. The number of ether oxygens (including phenoxy) is 1. The predicted octanol–water partition coefficient (Wildman–Crippen LogP) is 3.41. The molecule has 0 heterocycles. The van der Waals surface area contributed by atoms with E-state index in [2.05, 4.69) is 13.2 Å². The predicted molar refractivity (Wildman–Crippen MR) is 93.2 cm³/mol. The molecule has 0 aliphatic heterocycles. The van der Waals surface area contributed by atoms with Gasteiger partial charge in [0.2, 0.25) is 0 Å². The minimum atomic E-state index is -2.63. The van der Waals surface area contributed by atoms with Crippen molar-refractivity contribution in [1.82, 2.24) is 0 Å². The molecule has 0 N–H and O–H groups in total. The summed E-state index contributed by atoms with van der Waals surface area (Å²) in [5, 5.41) is 0. The van der Waals surface area contributed by atoms with Crippen LogP contribution in [0.15, 0.2) is 48.6 Å². The second-order valence-corrected chi connectivity index (χ2v) is 7.58. The molecule has 0 aliphatic rings. The van der Waals surface area contributed by atoms with Gasteiger partial charge in [0.15, 0.2) is 0 Å². The Morgan fingerprint density at radius 2 is 1.43 bits per heavy atom. The molecule has 0 unspecified atom stereocenters. The molecular weight excluding hydrogens is 415 g/mol. The fraction of sp³-hybridized carbons (Fsp3) is 0.188. The van der Waals surface area contributed by atoms with Gasteiger partial charge in [0, 0.05) is 0 Å². The van der Waals surface area contributed by atoms with Gasteiger partial charge in [-0.1, -0.05) is 0 Å². The van der Waals surface area contributed by atoms with Crippen LogP contribution in [-0.2, 0) is 15.7 Å². The van der Waals surface area contributed by atoms with Crippen LogP contribution in [0.3, 0.4) is 0 Å². The molecule has 1 aromatic carbocycles. The Kier molecular flexibility index (Phi) is 6.95. The van der Waals surface area contributed by atoms with Crippen molar-refractivity contribution >= 4 is 38.6 Å². The number of halogens is 1. The number of rotatable bonds is 6. The van der Waals surface area contributed by atoms with Gasteiger partial charge in [-0.2, -0.15) is 0 Å². The van der Waals surface area contributed by atoms with Crippen molar-refractivity contribution in [3.8, 4) is 5.75 Å². The Bertz CT molecular complexity index is 647. The summed E-state index contributed by atoms with van der Waals surface area (Å²) in [7, 11) is 0. The van der Waals surface area contributed by atoms with Gasteiger partial charge in [0.25, 0.3) is 0 Å². The van der Waals surface area contributed by atoms with E-state index in [1.807, 2.05) is 0 Å². The molecule has 0 bridgehead atoms. The van der Waals surface area contributed by atoms with Crippen molar-refractivity contribution in [3.63, 3.8) is 0 Å². The molecule has 1 rings (SSSR count). The molecule has 23 heavy (non-hydrogen) atoms. The Labute approximate surface area is 142 Å². The first-order chi connectivity index (χ1) is 10.7. The molecule has 7 heteroatoms. The fourth-order valence-corrected chi connectivity index (χ4v) is 3.02. The molecule has 0 saturated heterocycles. The summed E-state index contributed by atoms with van der Waals surface area (Å²) in [6, 6.07) is 5.83. The average Bonchev–Trinajstić information content (AvgIpc) is 2.47. The van der Waals surface area contributed by atoms with E-state index >= 15 is 0 Å². The van der Waals surface area contributed by atoms with Gasteiger partial charge < -0.3 is 0 Å². The molecule has 0 amide bonds. The number of hydrogen-bond donors (Lipinski definition) is 0. The first-order valence-corrected chi connectivity index (χ1v) is 10.3. The second kappa shape index (κ2) is 8.47. The first kappa shape index (κ1) is 18.9. The molecule has 0 spiro atoms. The van der Waals surface area contributed by atoms with Gasteiger partial charge in [-0.15, -0.1) is 0 Å². The molecule has 0 atom stereocenters.